The number of Topliss-reactive ketones (excluding diaryl/α,β-unsaturated/α-hetero) is 1. The molecule has 0 saturated carbocycles. The molecule has 1 aliphatic rings. The number of piperidine rings is 1. The first-order valence-electron chi connectivity index (χ1n) is 8.29. The van der Waals surface area contributed by atoms with Crippen LogP contribution in [0.25, 0.3) is 0 Å². The number of rotatable bonds is 7. The molecular weight excluding hydrogens is 297 g/mol. The molecule has 0 bridgehead atoms. The number of hydrogen-bond donors (Lipinski definition) is 0. The highest BCUT2D eigenvalue weighted by Crippen LogP contribution is 2.15. The van der Waals surface area contributed by atoms with Gasteiger partial charge in [0.1, 0.15) is 11.9 Å². The molecule has 0 aromatic heterocycles. The Hall–Kier alpha value is -1.75. The van der Waals surface area contributed by atoms with Gasteiger partial charge in [0.15, 0.2) is 5.78 Å². The number of nitrogens with zero attached hydrogens (tertiary/aromatic N) is 1. The van der Waals surface area contributed by atoms with Crippen LogP contribution in [0.1, 0.15) is 49.4 Å². The lowest BCUT2D eigenvalue weighted by Gasteiger charge is -2.31. The fourth-order valence-corrected chi connectivity index (χ4v) is 2.76. The van der Waals surface area contributed by atoms with Crippen LogP contribution in [-0.2, 0) is 9.53 Å². The van der Waals surface area contributed by atoms with Crippen molar-refractivity contribution in [2.24, 2.45) is 0 Å². The van der Waals surface area contributed by atoms with E-state index in [1.165, 1.54) is 24.3 Å². The Morgan fingerprint density at radius 3 is 2.48 bits per heavy atom. The predicted molar refractivity (Wildman–Crippen MR) is 85.8 cm³/mol. The van der Waals surface area contributed by atoms with Crippen molar-refractivity contribution in [3.8, 4) is 0 Å². The molecule has 23 heavy (non-hydrogen) atoms. The standard InChI is InChI=1S/C18H24FNO3/c1-2-18(22)23-16-9-12-20(13-10-16)11-3-4-17(21)14-5-7-15(19)8-6-14/h5-8,16H,2-4,9-13H2,1H3. The lowest BCUT2D eigenvalue weighted by Crippen LogP contribution is -2.38. The molecule has 1 fully saturated rings. The van der Waals surface area contributed by atoms with Gasteiger partial charge in [-0.05, 0) is 50.1 Å². The Labute approximate surface area is 136 Å². The molecule has 1 aromatic carbocycles. The number of hydrogen-bond acceptors (Lipinski definition) is 4. The highest BCUT2D eigenvalue weighted by molar-refractivity contribution is 5.95. The first kappa shape index (κ1) is 17.6. The number of benzene rings is 1. The normalized spacial score (nSPS) is 16.3. The van der Waals surface area contributed by atoms with Gasteiger partial charge in [-0.1, -0.05) is 6.92 Å². The number of likely N-dealkylation sites (tertiary alicyclic amines) is 1. The van der Waals surface area contributed by atoms with E-state index in [2.05, 4.69) is 4.90 Å². The summed E-state index contributed by atoms with van der Waals surface area (Å²) in [7, 11) is 0. The van der Waals surface area contributed by atoms with Crippen molar-refractivity contribution in [1.82, 2.24) is 4.90 Å². The van der Waals surface area contributed by atoms with Gasteiger partial charge in [0.05, 0.1) is 0 Å². The van der Waals surface area contributed by atoms with Gasteiger partial charge in [-0.2, -0.15) is 0 Å². The molecule has 0 N–H and O–H groups in total. The maximum absolute atomic E-state index is 12.8. The quantitative estimate of drug-likeness (QED) is 0.571. The molecule has 5 heteroatoms. The van der Waals surface area contributed by atoms with Crippen LogP contribution < -0.4 is 0 Å². The molecule has 2 rings (SSSR count). The van der Waals surface area contributed by atoms with Crippen LogP contribution in [0.5, 0.6) is 0 Å². The molecule has 0 spiro atoms. The molecule has 1 aromatic rings. The summed E-state index contributed by atoms with van der Waals surface area (Å²) in [6.45, 7) is 4.45. The van der Waals surface area contributed by atoms with Crippen LogP contribution in [0.2, 0.25) is 0 Å². The Balaban J connectivity index is 1.65. The van der Waals surface area contributed by atoms with E-state index in [4.69, 9.17) is 4.74 Å². The molecule has 1 heterocycles. The van der Waals surface area contributed by atoms with E-state index in [-0.39, 0.29) is 23.7 Å². The summed E-state index contributed by atoms with van der Waals surface area (Å²) in [5, 5.41) is 0. The third-order valence-corrected chi connectivity index (χ3v) is 4.17. The lowest BCUT2D eigenvalue weighted by molar-refractivity contribution is -0.150. The second-order valence-corrected chi connectivity index (χ2v) is 5.92. The molecule has 0 radical (unpaired) electrons. The van der Waals surface area contributed by atoms with Crippen molar-refractivity contribution in [1.29, 1.82) is 0 Å². The molecule has 0 amide bonds. The van der Waals surface area contributed by atoms with Crippen molar-refractivity contribution >= 4 is 11.8 Å². The third kappa shape index (κ3) is 5.75. The first-order chi connectivity index (χ1) is 11.1. The first-order valence-corrected chi connectivity index (χ1v) is 8.29. The topological polar surface area (TPSA) is 46.6 Å². The lowest BCUT2D eigenvalue weighted by atomic mass is 10.0. The number of halogens is 1. The van der Waals surface area contributed by atoms with Crippen LogP contribution in [0.3, 0.4) is 0 Å². The summed E-state index contributed by atoms with van der Waals surface area (Å²) in [5.74, 6) is -0.404. The Kier molecular flexibility index (Phi) is 6.71. The maximum atomic E-state index is 12.8. The van der Waals surface area contributed by atoms with Gasteiger partial charge in [0, 0.05) is 31.5 Å². The average molecular weight is 321 g/mol. The van der Waals surface area contributed by atoms with E-state index >= 15 is 0 Å². The Morgan fingerprint density at radius 1 is 1.22 bits per heavy atom. The Bertz CT molecular complexity index is 522. The van der Waals surface area contributed by atoms with Gasteiger partial charge < -0.3 is 9.64 Å². The second-order valence-electron chi connectivity index (χ2n) is 5.92. The summed E-state index contributed by atoms with van der Waals surface area (Å²) < 4.78 is 18.2. The van der Waals surface area contributed by atoms with Crippen molar-refractivity contribution in [2.45, 2.75) is 45.1 Å². The molecule has 1 aliphatic heterocycles. The maximum Gasteiger partial charge on any atom is 0.305 e. The third-order valence-electron chi connectivity index (χ3n) is 4.17. The van der Waals surface area contributed by atoms with Gasteiger partial charge in [-0.15, -0.1) is 0 Å². The van der Waals surface area contributed by atoms with Crippen LogP contribution >= 0.6 is 0 Å². The van der Waals surface area contributed by atoms with Crippen LogP contribution in [-0.4, -0.2) is 42.4 Å². The summed E-state index contributed by atoms with van der Waals surface area (Å²) in [5.41, 5.74) is 0.566. The largest absolute Gasteiger partial charge is 0.462 e. The highest BCUT2D eigenvalue weighted by Gasteiger charge is 2.21. The van der Waals surface area contributed by atoms with Gasteiger partial charge in [0.2, 0.25) is 0 Å². The molecule has 0 aliphatic carbocycles. The fraction of sp³-hybridized carbons (Fsp3) is 0.556. The van der Waals surface area contributed by atoms with Gasteiger partial charge >= 0.3 is 5.97 Å². The second kappa shape index (κ2) is 8.77. The molecule has 0 atom stereocenters. The van der Waals surface area contributed by atoms with Crippen LogP contribution in [0.4, 0.5) is 4.39 Å². The minimum atomic E-state index is -0.326. The van der Waals surface area contributed by atoms with Crippen LogP contribution in [0, 0.1) is 5.82 Å². The fourth-order valence-electron chi connectivity index (χ4n) is 2.76. The zero-order valence-corrected chi connectivity index (χ0v) is 13.6. The summed E-state index contributed by atoms with van der Waals surface area (Å²) in [6, 6.07) is 5.70. The molecule has 0 unspecified atom stereocenters. The smallest absolute Gasteiger partial charge is 0.305 e. The van der Waals surface area contributed by atoms with Crippen molar-refractivity contribution in [3.63, 3.8) is 0 Å². The van der Waals surface area contributed by atoms with Crippen molar-refractivity contribution in [2.75, 3.05) is 19.6 Å². The van der Waals surface area contributed by atoms with Crippen molar-refractivity contribution in [3.05, 3.63) is 35.6 Å². The highest BCUT2D eigenvalue weighted by atomic mass is 19.1. The van der Waals surface area contributed by atoms with E-state index in [1.807, 2.05) is 0 Å². The molecule has 126 valence electrons. The summed E-state index contributed by atoms with van der Waals surface area (Å²) in [4.78, 5) is 25.6. The number of carbonyl (C=O) groups excluding carboxylic acids is 2. The summed E-state index contributed by atoms with van der Waals surface area (Å²) in [6.07, 6.45) is 3.44. The average Bonchev–Trinajstić information content (AvgIpc) is 2.57. The molecule has 4 nitrogen and oxygen atoms in total. The monoisotopic (exact) mass is 321 g/mol. The van der Waals surface area contributed by atoms with E-state index < -0.39 is 0 Å². The van der Waals surface area contributed by atoms with E-state index in [9.17, 15) is 14.0 Å². The Morgan fingerprint density at radius 2 is 1.87 bits per heavy atom. The number of ketones is 1. The minimum absolute atomic E-state index is 0.0412. The van der Waals surface area contributed by atoms with E-state index in [0.717, 1.165) is 38.9 Å². The molecule has 1 saturated heterocycles. The SMILES string of the molecule is CCC(=O)OC1CCN(CCCC(=O)c2ccc(F)cc2)CC1. The van der Waals surface area contributed by atoms with E-state index in [1.54, 1.807) is 6.92 Å². The van der Waals surface area contributed by atoms with Gasteiger partial charge in [0.25, 0.3) is 0 Å². The summed E-state index contributed by atoms with van der Waals surface area (Å²) >= 11 is 0. The van der Waals surface area contributed by atoms with Gasteiger partial charge in [-0.25, -0.2) is 4.39 Å². The van der Waals surface area contributed by atoms with Crippen molar-refractivity contribution < 1.29 is 18.7 Å². The minimum Gasteiger partial charge on any atom is -0.462 e. The predicted octanol–water partition coefficient (Wildman–Crippen LogP) is 3.21. The zero-order chi connectivity index (χ0) is 16.7. The van der Waals surface area contributed by atoms with Gasteiger partial charge in [-0.3, -0.25) is 9.59 Å². The zero-order valence-electron chi connectivity index (χ0n) is 13.6. The number of esters is 1. The number of ether oxygens (including phenoxy) is 1. The van der Waals surface area contributed by atoms with Crippen LogP contribution in [0.15, 0.2) is 24.3 Å². The number of carbonyl (C=O) groups is 2. The van der Waals surface area contributed by atoms with E-state index in [0.29, 0.717) is 18.4 Å². The molecular formula is C18H24FNO3.